The van der Waals surface area contributed by atoms with E-state index >= 15 is 0 Å². The van der Waals surface area contributed by atoms with Crippen LogP contribution in [0.5, 0.6) is 0 Å². The largest absolute Gasteiger partial charge is 0.450 e. The van der Waals surface area contributed by atoms with Crippen molar-refractivity contribution >= 4 is 23.0 Å². The van der Waals surface area contributed by atoms with Crippen molar-refractivity contribution in [3.8, 4) is 0 Å². The number of aryl methyl sites for hydroxylation is 1. The summed E-state index contributed by atoms with van der Waals surface area (Å²) in [5, 5.41) is 10.9. The van der Waals surface area contributed by atoms with Gasteiger partial charge in [-0.3, -0.25) is 4.99 Å². The maximum absolute atomic E-state index is 11.7. The number of carbonyl (C=O) groups excluding carboxylic acids is 1. The molecule has 7 nitrogen and oxygen atoms in total. The quantitative estimate of drug-likeness (QED) is 0.415. The molecule has 0 radical (unpaired) electrons. The van der Waals surface area contributed by atoms with Crippen molar-refractivity contribution in [2.45, 2.75) is 39.2 Å². The summed E-state index contributed by atoms with van der Waals surface area (Å²) in [6, 6.07) is 8.44. The molecule has 28 heavy (non-hydrogen) atoms. The van der Waals surface area contributed by atoms with Gasteiger partial charge in [0.05, 0.1) is 12.6 Å². The van der Waals surface area contributed by atoms with Gasteiger partial charge in [-0.2, -0.15) is 0 Å². The molecule has 1 aromatic heterocycles. The molecule has 1 aromatic carbocycles. The zero-order valence-corrected chi connectivity index (χ0v) is 17.0. The first-order chi connectivity index (χ1) is 13.6. The van der Waals surface area contributed by atoms with E-state index in [0.717, 1.165) is 31.8 Å². The number of amides is 1. The highest BCUT2D eigenvalue weighted by molar-refractivity contribution is 5.84. The fraction of sp³-hybridized carbons (Fsp3) is 0.524. The van der Waals surface area contributed by atoms with Gasteiger partial charge in [0.2, 0.25) is 0 Å². The minimum Gasteiger partial charge on any atom is -0.450 e. The highest BCUT2D eigenvalue weighted by Gasteiger charge is 2.32. The number of carbonyl (C=O) groups is 1. The number of rotatable bonds is 8. The monoisotopic (exact) mass is 385 g/mol. The van der Waals surface area contributed by atoms with E-state index < -0.39 is 0 Å². The fourth-order valence-electron chi connectivity index (χ4n) is 3.55. The molecule has 1 saturated carbocycles. The Bertz CT molecular complexity index is 825. The molecule has 0 spiro atoms. The molecule has 1 unspecified atom stereocenters. The molecule has 0 saturated heterocycles. The number of aliphatic imine (C=N–C) groups is 1. The molecule has 3 rings (SSSR count). The molecule has 4 N–H and O–H groups in total. The second kappa shape index (κ2) is 9.48. The summed E-state index contributed by atoms with van der Waals surface area (Å²) < 4.78 is 5.01. The Morgan fingerprint density at radius 1 is 1.32 bits per heavy atom. The molecule has 0 bridgehead atoms. The lowest BCUT2D eigenvalue weighted by molar-refractivity contribution is 0.146. The Kier molecular flexibility index (Phi) is 6.79. The van der Waals surface area contributed by atoms with Crippen LogP contribution in [0.15, 0.2) is 29.3 Å². The number of alkyl carbamates (subject to hydrolysis) is 1. The molecule has 152 valence electrons. The predicted octanol–water partition coefficient (Wildman–Crippen LogP) is 2.71. The molecular formula is C21H31N5O2. The van der Waals surface area contributed by atoms with E-state index in [0.29, 0.717) is 19.1 Å². The smallest absolute Gasteiger partial charge is 0.407 e. The van der Waals surface area contributed by atoms with Crippen LogP contribution in [0.1, 0.15) is 31.0 Å². The normalized spacial score (nSPS) is 15.3. The Balaban J connectivity index is 1.49. The van der Waals surface area contributed by atoms with Crippen LogP contribution in [-0.4, -0.2) is 49.8 Å². The van der Waals surface area contributed by atoms with E-state index in [1.165, 1.54) is 22.2 Å². The van der Waals surface area contributed by atoms with Gasteiger partial charge in [-0.1, -0.05) is 18.2 Å². The van der Waals surface area contributed by atoms with Gasteiger partial charge in [-0.25, -0.2) is 4.79 Å². The number of H-pyrrole nitrogens is 1. The molecule has 7 heteroatoms. The van der Waals surface area contributed by atoms with Gasteiger partial charge in [-0.05, 0) is 50.7 Å². The van der Waals surface area contributed by atoms with E-state index in [1.54, 1.807) is 7.05 Å². The van der Waals surface area contributed by atoms with Crippen molar-refractivity contribution in [1.82, 2.24) is 20.9 Å². The summed E-state index contributed by atoms with van der Waals surface area (Å²) >= 11 is 0. The van der Waals surface area contributed by atoms with Gasteiger partial charge in [0.25, 0.3) is 0 Å². The molecule has 2 aromatic rings. The molecule has 1 amide bonds. The van der Waals surface area contributed by atoms with Crippen molar-refractivity contribution in [3.05, 3.63) is 35.5 Å². The minimum atomic E-state index is -0.348. The number of hydrogen-bond acceptors (Lipinski definition) is 3. The second-order valence-electron chi connectivity index (χ2n) is 7.21. The van der Waals surface area contributed by atoms with E-state index in [4.69, 9.17) is 4.74 Å². The Labute approximate surface area is 166 Å². The van der Waals surface area contributed by atoms with E-state index in [9.17, 15) is 4.79 Å². The number of fused-ring (bicyclic) bond motifs is 1. The summed E-state index contributed by atoms with van der Waals surface area (Å²) in [7, 11) is 1.76. The number of para-hydroxylation sites is 1. The lowest BCUT2D eigenvalue weighted by Crippen LogP contribution is -2.48. The third kappa shape index (κ3) is 5.18. The van der Waals surface area contributed by atoms with Gasteiger partial charge in [0, 0.05) is 36.7 Å². The maximum atomic E-state index is 11.7. The van der Waals surface area contributed by atoms with Crippen LogP contribution in [0.2, 0.25) is 0 Å². The SMILES string of the molecule is CCOC(=O)NC(CNC(=NC)NCCc1c(C)[nH]c2ccccc12)C1CC1. The highest BCUT2D eigenvalue weighted by Crippen LogP contribution is 2.32. The van der Waals surface area contributed by atoms with Crippen LogP contribution in [-0.2, 0) is 11.2 Å². The highest BCUT2D eigenvalue weighted by atomic mass is 16.5. The number of nitrogens with zero attached hydrogens (tertiary/aromatic N) is 1. The summed E-state index contributed by atoms with van der Waals surface area (Å²) in [5.74, 6) is 1.26. The number of aromatic nitrogens is 1. The van der Waals surface area contributed by atoms with Gasteiger partial charge in [0.1, 0.15) is 0 Å². The maximum Gasteiger partial charge on any atom is 0.407 e. The molecule has 0 aliphatic heterocycles. The third-order valence-corrected chi connectivity index (χ3v) is 5.18. The van der Waals surface area contributed by atoms with Crippen LogP contribution in [0.25, 0.3) is 10.9 Å². The number of guanidine groups is 1. The van der Waals surface area contributed by atoms with Crippen molar-refractivity contribution in [1.29, 1.82) is 0 Å². The van der Waals surface area contributed by atoms with Gasteiger partial charge < -0.3 is 25.7 Å². The first-order valence-electron chi connectivity index (χ1n) is 10.1. The second-order valence-corrected chi connectivity index (χ2v) is 7.21. The number of benzene rings is 1. The zero-order valence-electron chi connectivity index (χ0n) is 17.0. The minimum absolute atomic E-state index is 0.0634. The number of ether oxygens (including phenoxy) is 1. The topological polar surface area (TPSA) is 90.5 Å². The number of nitrogens with one attached hydrogen (secondary N) is 4. The lowest BCUT2D eigenvalue weighted by atomic mass is 10.1. The zero-order chi connectivity index (χ0) is 19.9. The predicted molar refractivity (Wildman–Crippen MR) is 113 cm³/mol. The van der Waals surface area contributed by atoms with E-state index in [2.05, 4.69) is 51.0 Å². The van der Waals surface area contributed by atoms with E-state index in [-0.39, 0.29) is 12.1 Å². The summed E-state index contributed by atoms with van der Waals surface area (Å²) in [4.78, 5) is 19.5. The first-order valence-corrected chi connectivity index (χ1v) is 10.1. The Morgan fingerprint density at radius 3 is 2.82 bits per heavy atom. The van der Waals surface area contributed by atoms with Crippen LogP contribution in [0.4, 0.5) is 4.79 Å². The molecular weight excluding hydrogens is 354 g/mol. The Morgan fingerprint density at radius 2 is 2.11 bits per heavy atom. The fourth-order valence-corrected chi connectivity index (χ4v) is 3.55. The van der Waals surface area contributed by atoms with Gasteiger partial charge >= 0.3 is 6.09 Å². The van der Waals surface area contributed by atoms with Crippen LogP contribution < -0.4 is 16.0 Å². The number of hydrogen-bond donors (Lipinski definition) is 4. The van der Waals surface area contributed by atoms with Crippen molar-refractivity contribution in [2.75, 3.05) is 26.7 Å². The van der Waals surface area contributed by atoms with Gasteiger partial charge in [-0.15, -0.1) is 0 Å². The molecule has 1 atom stereocenters. The van der Waals surface area contributed by atoms with Crippen molar-refractivity contribution < 1.29 is 9.53 Å². The summed E-state index contributed by atoms with van der Waals surface area (Å²) in [6.07, 6.45) is 2.85. The summed E-state index contributed by atoms with van der Waals surface area (Å²) in [6.45, 7) is 5.72. The van der Waals surface area contributed by atoms with Crippen LogP contribution in [0.3, 0.4) is 0 Å². The van der Waals surface area contributed by atoms with Gasteiger partial charge in [0.15, 0.2) is 5.96 Å². The van der Waals surface area contributed by atoms with Crippen molar-refractivity contribution in [2.24, 2.45) is 10.9 Å². The Hall–Kier alpha value is -2.70. The van der Waals surface area contributed by atoms with E-state index in [1.807, 2.05) is 13.0 Å². The third-order valence-electron chi connectivity index (χ3n) is 5.18. The lowest BCUT2D eigenvalue weighted by Gasteiger charge is -2.20. The summed E-state index contributed by atoms with van der Waals surface area (Å²) in [5.41, 5.74) is 3.71. The average molecular weight is 386 g/mol. The standard InChI is InChI=1S/C21H31N5O2/c1-4-28-21(27)26-19(15-9-10-15)13-24-20(22-3)23-12-11-16-14(2)25-18-8-6-5-7-17(16)18/h5-8,15,19,25H,4,9-13H2,1-3H3,(H,26,27)(H2,22,23,24). The van der Waals surface area contributed by atoms with Crippen LogP contribution in [0, 0.1) is 12.8 Å². The molecule has 1 fully saturated rings. The number of aromatic amines is 1. The van der Waals surface area contributed by atoms with Crippen LogP contribution >= 0.6 is 0 Å². The molecule has 1 heterocycles. The molecule has 1 aliphatic rings. The first kappa shape index (κ1) is 20.0. The average Bonchev–Trinajstić information content (AvgIpc) is 3.48. The molecule has 1 aliphatic carbocycles. The van der Waals surface area contributed by atoms with Crippen molar-refractivity contribution in [3.63, 3.8) is 0 Å².